The Morgan fingerprint density at radius 2 is 1.72 bits per heavy atom. The number of carbonyl (C=O) groups excluding carboxylic acids is 3. The first-order chi connectivity index (χ1) is 11.9. The molecule has 2 N–H and O–H groups in total. The SMILES string of the molecule is COC(=O)/C=C/C(=O)OC[C@H](NC(=O)NCC(C)C)c1ccccc1. The molecule has 1 aromatic carbocycles. The van der Waals surface area contributed by atoms with Gasteiger partial charge < -0.3 is 20.1 Å². The summed E-state index contributed by atoms with van der Waals surface area (Å²) >= 11 is 0. The largest absolute Gasteiger partial charge is 0.466 e. The van der Waals surface area contributed by atoms with Crippen molar-refractivity contribution in [2.45, 2.75) is 19.9 Å². The molecule has 0 fully saturated rings. The lowest BCUT2D eigenvalue weighted by Gasteiger charge is -2.19. The fourth-order valence-corrected chi connectivity index (χ4v) is 1.83. The second-order valence-electron chi connectivity index (χ2n) is 5.70. The van der Waals surface area contributed by atoms with Gasteiger partial charge in [-0.1, -0.05) is 44.2 Å². The molecule has 1 aromatic rings. The summed E-state index contributed by atoms with van der Waals surface area (Å²) in [7, 11) is 1.21. The van der Waals surface area contributed by atoms with Gasteiger partial charge in [0.1, 0.15) is 6.61 Å². The molecule has 0 saturated carbocycles. The van der Waals surface area contributed by atoms with Crippen LogP contribution in [0, 0.1) is 5.92 Å². The summed E-state index contributed by atoms with van der Waals surface area (Å²) in [5.74, 6) is -1.03. The number of urea groups is 1. The number of hydrogen-bond donors (Lipinski definition) is 2. The predicted octanol–water partition coefficient (Wildman–Crippen LogP) is 1.96. The minimum Gasteiger partial charge on any atom is -0.466 e. The molecule has 0 aliphatic carbocycles. The van der Waals surface area contributed by atoms with Crippen molar-refractivity contribution in [3.05, 3.63) is 48.0 Å². The van der Waals surface area contributed by atoms with Crippen LogP contribution in [0.15, 0.2) is 42.5 Å². The molecule has 0 saturated heterocycles. The lowest BCUT2D eigenvalue weighted by Crippen LogP contribution is -2.41. The molecule has 0 radical (unpaired) electrons. The number of ether oxygens (including phenoxy) is 2. The zero-order valence-electron chi connectivity index (χ0n) is 14.7. The van der Waals surface area contributed by atoms with Crippen LogP contribution < -0.4 is 10.6 Å². The van der Waals surface area contributed by atoms with Gasteiger partial charge in [-0.3, -0.25) is 0 Å². The Morgan fingerprint density at radius 3 is 2.32 bits per heavy atom. The number of benzene rings is 1. The number of rotatable bonds is 8. The van der Waals surface area contributed by atoms with Crippen molar-refractivity contribution in [1.29, 1.82) is 0 Å². The van der Waals surface area contributed by atoms with E-state index < -0.39 is 18.0 Å². The van der Waals surface area contributed by atoms with Gasteiger partial charge >= 0.3 is 18.0 Å². The zero-order valence-corrected chi connectivity index (χ0v) is 14.7. The summed E-state index contributed by atoms with van der Waals surface area (Å²) in [4.78, 5) is 34.6. The van der Waals surface area contributed by atoms with Crippen molar-refractivity contribution in [3.8, 4) is 0 Å². The van der Waals surface area contributed by atoms with Gasteiger partial charge in [0, 0.05) is 18.7 Å². The normalized spacial score (nSPS) is 11.8. The van der Waals surface area contributed by atoms with E-state index >= 15 is 0 Å². The number of carbonyl (C=O) groups is 3. The van der Waals surface area contributed by atoms with E-state index in [1.807, 2.05) is 44.2 Å². The Labute approximate surface area is 147 Å². The van der Waals surface area contributed by atoms with Crippen LogP contribution in [0.3, 0.4) is 0 Å². The summed E-state index contributed by atoms with van der Waals surface area (Å²) in [6, 6.07) is 8.30. The molecule has 2 amide bonds. The van der Waals surface area contributed by atoms with E-state index in [2.05, 4.69) is 15.4 Å². The van der Waals surface area contributed by atoms with Crippen LogP contribution in [0.1, 0.15) is 25.5 Å². The summed E-state index contributed by atoms with van der Waals surface area (Å²) in [5.41, 5.74) is 0.798. The lowest BCUT2D eigenvalue weighted by atomic mass is 10.1. The smallest absolute Gasteiger partial charge is 0.331 e. The third-order valence-corrected chi connectivity index (χ3v) is 3.13. The van der Waals surface area contributed by atoms with Crippen molar-refractivity contribution in [2.24, 2.45) is 5.92 Å². The van der Waals surface area contributed by atoms with Gasteiger partial charge in [0.15, 0.2) is 0 Å². The first-order valence-electron chi connectivity index (χ1n) is 7.94. The molecule has 1 rings (SSSR count). The highest BCUT2D eigenvalue weighted by Gasteiger charge is 2.16. The second kappa shape index (κ2) is 10.9. The first kappa shape index (κ1) is 20.2. The van der Waals surface area contributed by atoms with Gasteiger partial charge in [-0.2, -0.15) is 0 Å². The molecule has 0 heterocycles. The van der Waals surface area contributed by atoms with E-state index in [1.165, 1.54) is 7.11 Å². The Hall–Kier alpha value is -2.83. The monoisotopic (exact) mass is 348 g/mol. The third-order valence-electron chi connectivity index (χ3n) is 3.13. The highest BCUT2D eigenvalue weighted by molar-refractivity contribution is 5.91. The van der Waals surface area contributed by atoms with E-state index in [9.17, 15) is 14.4 Å². The summed E-state index contributed by atoms with van der Waals surface area (Å²) in [6.07, 6.45) is 1.95. The van der Waals surface area contributed by atoms with E-state index in [0.29, 0.717) is 12.5 Å². The molecule has 1 atom stereocenters. The molecule has 0 aliphatic rings. The van der Waals surface area contributed by atoms with Crippen molar-refractivity contribution in [1.82, 2.24) is 10.6 Å². The summed E-state index contributed by atoms with van der Waals surface area (Å²) < 4.78 is 9.50. The molecule has 0 aromatic heterocycles. The van der Waals surface area contributed by atoms with Crippen LogP contribution >= 0.6 is 0 Å². The van der Waals surface area contributed by atoms with Gasteiger partial charge in [-0.25, -0.2) is 14.4 Å². The van der Waals surface area contributed by atoms with Crippen LogP contribution in [-0.4, -0.2) is 38.2 Å². The average Bonchev–Trinajstić information content (AvgIpc) is 2.61. The predicted molar refractivity (Wildman–Crippen MR) is 92.7 cm³/mol. The average molecular weight is 348 g/mol. The maximum atomic E-state index is 12.0. The van der Waals surface area contributed by atoms with Crippen LogP contribution in [0.2, 0.25) is 0 Å². The Bertz CT molecular complexity index is 599. The molecule has 25 heavy (non-hydrogen) atoms. The quantitative estimate of drug-likeness (QED) is 0.553. The lowest BCUT2D eigenvalue weighted by molar-refractivity contribution is -0.139. The highest BCUT2D eigenvalue weighted by Crippen LogP contribution is 2.13. The van der Waals surface area contributed by atoms with Crippen LogP contribution in [-0.2, 0) is 19.1 Å². The van der Waals surface area contributed by atoms with Crippen molar-refractivity contribution in [2.75, 3.05) is 20.3 Å². The number of methoxy groups -OCH3 is 1. The molecular weight excluding hydrogens is 324 g/mol. The van der Waals surface area contributed by atoms with Gasteiger partial charge in [-0.05, 0) is 11.5 Å². The fourth-order valence-electron chi connectivity index (χ4n) is 1.83. The maximum Gasteiger partial charge on any atom is 0.331 e. The van der Waals surface area contributed by atoms with E-state index in [1.54, 1.807) is 0 Å². The van der Waals surface area contributed by atoms with E-state index in [0.717, 1.165) is 17.7 Å². The van der Waals surface area contributed by atoms with Crippen molar-refractivity contribution >= 4 is 18.0 Å². The molecule has 7 heteroatoms. The summed E-state index contributed by atoms with van der Waals surface area (Å²) in [5, 5.41) is 5.53. The third kappa shape index (κ3) is 8.55. The molecule has 136 valence electrons. The van der Waals surface area contributed by atoms with Gasteiger partial charge in [0.25, 0.3) is 0 Å². The molecule has 0 bridgehead atoms. The number of esters is 2. The highest BCUT2D eigenvalue weighted by atomic mass is 16.5. The fraction of sp³-hybridized carbons (Fsp3) is 0.389. The van der Waals surface area contributed by atoms with Crippen molar-refractivity contribution in [3.63, 3.8) is 0 Å². The minimum absolute atomic E-state index is 0.0660. The molecule has 0 aliphatic heterocycles. The summed E-state index contributed by atoms with van der Waals surface area (Å²) in [6.45, 7) is 4.45. The van der Waals surface area contributed by atoms with Crippen LogP contribution in [0.5, 0.6) is 0 Å². The van der Waals surface area contributed by atoms with Gasteiger partial charge in [0.05, 0.1) is 13.2 Å². The maximum absolute atomic E-state index is 12.0. The number of nitrogens with one attached hydrogen (secondary N) is 2. The second-order valence-corrected chi connectivity index (χ2v) is 5.70. The first-order valence-corrected chi connectivity index (χ1v) is 7.94. The molecule has 7 nitrogen and oxygen atoms in total. The molecule has 0 unspecified atom stereocenters. The topological polar surface area (TPSA) is 93.7 Å². The Balaban J connectivity index is 2.66. The standard InChI is InChI=1S/C18H24N2O5/c1-13(2)11-19-18(23)20-15(14-7-5-4-6-8-14)12-25-17(22)10-9-16(21)24-3/h4-10,13,15H,11-12H2,1-3H3,(H2,19,20,23)/b10-9+/t15-/m0/s1. The van der Waals surface area contributed by atoms with E-state index in [4.69, 9.17) is 4.74 Å². The molecule has 0 spiro atoms. The Kier molecular flexibility index (Phi) is 8.78. The zero-order chi connectivity index (χ0) is 18.7. The van der Waals surface area contributed by atoms with Crippen molar-refractivity contribution < 1.29 is 23.9 Å². The van der Waals surface area contributed by atoms with E-state index in [-0.39, 0.29) is 12.6 Å². The van der Waals surface area contributed by atoms with Gasteiger partial charge in [0.2, 0.25) is 0 Å². The number of amides is 2. The van der Waals surface area contributed by atoms with Crippen LogP contribution in [0.4, 0.5) is 4.79 Å². The molecular formula is C18H24N2O5. The number of hydrogen-bond acceptors (Lipinski definition) is 5. The van der Waals surface area contributed by atoms with Gasteiger partial charge in [-0.15, -0.1) is 0 Å². The minimum atomic E-state index is -0.698. The Morgan fingerprint density at radius 1 is 1.08 bits per heavy atom. The van der Waals surface area contributed by atoms with Crippen LogP contribution in [0.25, 0.3) is 0 Å².